The Bertz CT molecular complexity index is 970. The number of nitrogens with one attached hydrogen (secondary N) is 1. The molecule has 0 spiro atoms. The molecule has 2 aromatic carbocycles. The van der Waals surface area contributed by atoms with Crippen molar-refractivity contribution in [2.45, 2.75) is 18.4 Å². The molecule has 0 amide bonds. The van der Waals surface area contributed by atoms with Gasteiger partial charge in [-0.15, -0.1) is 0 Å². The molecule has 0 unspecified atom stereocenters. The predicted molar refractivity (Wildman–Crippen MR) is 89.9 cm³/mol. The largest absolute Gasteiger partial charge is 0.338 e. The van der Waals surface area contributed by atoms with Crippen LogP contribution in [0.1, 0.15) is 11.5 Å². The topological polar surface area (TPSA) is 85.1 Å². The van der Waals surface area contributed by atoms with Crippen molar-refractivity contribution in [2.75, 3.05) is 0 Å². The minimum atomic E-state index is -3.76. The fourth-order valence-corrected chi connectivity index (χ4v) is 3.65. The lowest BCUT2D eigenvalue weighted by Crippen LogP contribution is -2.23. The second-order valence-corrected chi connectivity index (χ2v) is 7.22. The Labute approximate surface area is 144 Å². The second kappa shape index (κ2) is 6.72. The number of sulfonamides is 1. The normalized spacial score (nSPS) is 11.6. The Balaban J connectivity index is 1.77. The van der Waals surface area contributed by atoms with Crippen molar-refractivity contribution in [1.82, 2.24) is 14.9 Å². The molecular formula is C16H14ClN3O3S. The van der Waals surface area contributed by atoms with E-state index in [0.717, 1.165) is 11.1 Å². The number of halogens is 1. The number of aryl methyl sites for hydroxylation is 1. The Kier molecular flexibility index (Phi) is 4.66. The van der Waals surface area contributed by atoms with Crippen LogP contribution in [-0.4, -0.2) is 18.6 Å². The monoisotopic (exact) mass is 363 g/mol. The van der Waals surface area contributed by atoms with E-state index in [0.29, 0.717) is 5.82 Å². The fourth-order valence-electron chi connectivity index (χ4n) is 2.16. The first-order chi connectivity index (χ1) is 11.5. The highest BCUT2D eigenvalue weighted by Gasteiger charge is 2.19. The van der Waals surface area contributed by atoms with Crippen molar-refractivity contribution in [2.24, 2.45) is 0 Å². The van der Waals surface area contributed by atoms with Gasteiger partial charge in [-0.05, 0) is 24.6 Å². The van der Waals surface area contributed by atoms with Crippen LogP contribution in [0.3, 0.4) is 0 Å². The van der Waals surface area contributed by atoms with Crippen molar-refractivity contribution in [3.05, 3.63) is 65.0 Å². The zero-order valence-electron chi connectivity index (χ0n) is 12.7. The molecule has 0 saturated heterocycles. The van der Waals surface area contributed by atoms with Gasteiger partial charge in [0.15, 0.2) is 0 Å². The maximum atomic E-state index is 12.3. The van der Waals surface area contributed by atoms with Gasteiger partial charge in [-0.3, -0.25) is 0 Å². The van der Waals surface area contributed by atoms with Gasteiger partial charge in [0, 0.05) is 5.56 Å². The molecule has 0 aliphatic carbocycles. The third-order valence-corrected chi connectivity index (χ3v) is 5.29. The van der Waals surface area contributed by atoms with Crippen molar-refractivity contribution in [3.8, 4) is 11.4 Å². The summed E-state index contributed by atoms with van der Waals surface area (Å²) in [5, 5.41) is 4.04. The van der Waals surface area contributed by atoms with Gasteiger partial charge in [-0.25, -0.2) is 13.1 Å². The first-order valence-electron chi connectivity index (χ1n) is 7.10. The van der Waals surface area contributed by atoms with Crippen LogP contribution in [0.5, 0.6) is 0 Å². The maximum Gasteiger partial charge on any atom is 0.242 e. The predicted octanol–water partition coefficient (Wildman–Crippen LogP) is 3.18. The van der Waals surface area contributed by atoms with Crippen molar-refractivity contribution >= 4 is 21.6 Å². The SMILES string of the molecule is Cc1ccccc1-c1noc(CNS(=O)(=O)c2ccccc2Cl)n1. The molecule has 1 N–H and O–H groups in total. The fraction of sp³-hybridized carbons (Fsp3) is 0.125. The van der Waals surface area contributed by atoms with Crippen molar-refractivity contribution in [3.63, 3.8) is 0 Å². The quantitative estimate of drug-likeness (QED) is 0.752. The maximum absolute atomic E-state index is 12.3. The Hall–Kier alpha value is -2.22. The molecule has 8 heteroatoms. The molecule has 124 valence electrons. The van der Waals surface area contributed by atoms with E-state index in [1.807, 2.05) is 31.2 Å². The van der Waals surface area contributed by atoms with Gasteiger partial charge in [-0.2, -0.15) is 4.98 Å². The third-order valence-electron chi connectivity index (χ3n) is 3.39. The summed E-state index contributed by atoms with van der Waals surface area (Å²) in [5.74, 6) is 0.587. The van der Waals surface area contributed by atoms with Gasteiger partial charge in [0.25, 0.3) is 0 Å². The standard InChI is InChI=1S/C16H14ClN3O3S/c1-11-6-2-3-7-12(11)16-19-15(23-20-16)10-18-24(21,22)14-9-5-4-8-13(14)17/h2-9,18H,10H2,1H3. The van der Waals surface area contributed by atoms with Crippen molar-refractivity contribution in [1.29, 1.82) is 0 Å². The summed E-state index contributed by atoms with van der Waals surface area (Å²) >= 11 is 5.92. The number of hydrogen-bond donors (Lipinski definition) is 1. The lowest BCUT2D eigenvalue weighted by atomic mass is 10.1. The summed E-state index contributed by atoms with van der Waals surface area (Å²) in [7, 11) is -3.76. The minimum Gasteiger partial charge on any atom is -0.338 e. The summed E-state index contributed by atoms with van der Waals surface area (Å²) in [6, 6.07) is 13.8. The molecule has 3 rings (SSSR count). The molecular weight excluding hydrogens is 350 g/mol. The average Bonchev–Trinajstić information content (AvgIpc) is 3.02. The number of hydrogen-bond acceptors (Lipinski definition) is 5. The molecule has 0 aliphatic rings. The lowest BCUT2D eigenvalue weighted by Gasteiger charge is -2.05. The molecule has 0 radical (unpaired) electrons. The lowest BCUT2D eigenvalue weighted by molar-refractivity contribution is 0.376. The molecule has 3 aromatic rings. The Morgan fingerprint density at radius 1 is 1.12 bits per heavy atom. The smallest absolute Gasteiger partial charge is 0.242 e. The second-order valence-electron chi connectivity index (χ2n) is 5.08. The molecule has 0 bridgehead atoms. The van der Waals surface area contributed by atoms with E-state index < -0.39 is 10.0 Å². The average molecular weight is 364 g/mol. The van der Waals surface area contributed by atoms with Gasteiger partial charge >= 0.3 is 0 Å². The highest BCUT2D eigenvalue weighted by atomic mass is 35.5. The van der Waals surface area contributed by atoms with Crippen LogP contribution < -0.4 is 4.72 Å². The van der Waals surface area contributed by atoms with Gasteiger partial charge in [0.05, 0.1) is 11.6 Å². The van der Waals surface area contributed by atoms with Gasteiger partial charge in [-0.1, -0.05) is 53.2 Å². The van der Waals surface area contributed by atoms with Crippen molar-refractivity contribution < 1.29 is 12.9 Å². The number of aromatic nitrogens is 2. The Morgan fingerprint density at radius 3 is 2.58 bits per heavy atom. The van der Waals surface area contributed by atoms with Gasteiger partial charge in [0.2, 0.25) is 21.7 Å². The molecule has 0 saturated carbocycles. The van der Waals surface area contributed by atoms with Crippen LogP contribution in [-0.2, 0) is 16.6 Å². The zero-order chi connectivity index (χ0) is 17.2. The third kappa shape index (κ3) is 3.48. The Morgan fingerprint density at radius 2 is 1.83 bits per heavy atom. The number of benzene rings is 2. The van der Waals surface area contributed by atoms with E-state index in [1.165, 1.54) is 12.1 Å². The minimum absolute atomic E-state index is 0.00492. The molecule has 0 atom stereocenters. The molecule has 24 heavy (non-hydrogen) atoms. The molecule has 0 fully saturated rings. The first kappa shape index (κ1) is 16.6. The van der Waals surface area contributed by atoms with Crippen LogP contribution in [0.25, 0.3) is 11.4 Å². The summed E-state index contributed by atoms with van der Waals surface area (Å²) in [6.07, 6.45) is 0. The molecule has 6 nitrogen and oxygen atoms in total. The zero-order valence-corrected chi connectivity index (χ0v) is 14.3. The van der Waals surface area contributed by atoms with E-state index >= 15 is 0 Å². The summed E-state index contributed by atoms with van der Waals surface area (Å²) < 4.78 is 32.1. The number of rotatable bonds is 5. The van der Waals surface area contributed by atoms with E-state index in [-0.39, 0.29) is 22.4 Å². The van der Waals surface area contributed by atoms with Crippen LogP contribution in [0.4, 0.5) is 0 Å². The van der Waals surface area contributed by atoms with Crippen LogP contribution >= 0.6 is 11.6 Å². The van der Waals surface area contributed by atoms with Crippen LogP contribution in [0, 0.1) is 6.92 Å². The highest BCUT2D eigenvalue weighted by molar-refractivity contribution is 7.89. The van der Waals surface area contributed by atoms with Crippen LogP contribution in [0.2, 0.25) is 5.02 Å². The highest BCUT2D eigenvalue weighted by Crippen LogP contribution is 2.21. The van der Waals surface area contributed by atoms with E-state index in [4.69, 9.17) is 16.1 Å². The first-order valence-corrected chi connectivity index (χ1v) is 8.96. The molecule has 1 aromatic heterocycles. The van der Waals surface area contributed by atoms with E-state index in [9.17, 15) is 8.42 Å². The van der Waals surface area contributed by atoms with E-state index in [1.54, 1.807) is 12.1 Å². The van der Waals surface area contributed by atoms with E-state index in [2.05, 4.69) is 14.9 Å². The summed E-state index contributed by atoms with van der Waals surface area (Å²) in [4.78, 5) is 4.23. The molecule has 1 heterocycles. The molecule has 0 aliphatic heterocycles. The van der Waals surface area contributed by atoms with Gasteiger partial charge < -0.3 is 4.52 Å². The van der Waals surface area contributed by atoms with Crippen LogP contribution in [0.15, 0.2) is 57.9 Å². The number of nitrogens with zero attached hydrogens (tertiary/aromatic N) is 2. The summed E-state index contributed by atoms with van der Waals surface area (Å²) in [6.45, 7) is 1.82. The summed E-state index contributed by atoms with van der Waals surface area (Å²) in [5.41, 5.74) is 1.84. The van der Waals surface area contributed by atoms with Gasteiger partial charge in [0.1, 0.15) is 4.90 Å².